The van der Waals surface area contributed by atoms with Gasteiger partial charge < -0.3 is 10.1 Å². The zero-order valence-electron chi connectivity index (χ0n) is 11.2. The van der Waals surface area contributed by atoms with Gasteiger partial charge in [0.15, 0.2) is 0 Å². The van der Waals surface area contributed by atoms with Crippen molar-refractivity contribution >= 4 is 39.0 Å². The maximum atomic E-state index is 5.73. The second-order valence-electron chi connectivity index (χ2n) is 5.30. The van der Waals surface area contributed by atoms with Gasteiger partial charge in [0.05, 0.1) is 0 Å². The van der Waals surface area contributed by atoms with E-state index in [-0.39, 0.29) is 0 Å². The Morgan fingerprint density at radius 2 is 1.85 bits per heavy atom. The number of hydrogen-bond acceptors (Lipinski definition) is 2. The zero-order chi connectivity index (χ0) is 14.3. The van der Waals surface area contributed by atoms with Crippen molar-refractivity contribution in [3.05, 3.63) is 52.5 Å². The van der Waals surface area contributed by atoms with Crippen LogP contribution in [-0.4, -0.2) is 5.17 Å². The number of fused-ring (bicyclic) bond motifs is 1. The highest BCUT2D eigenvalue weighted by atomic mass is 79.9. The van der Waals surface area contributed by atoms with E-state index in [2.05, 4.69) is 51.6 Å². The number of rotatable bonds is 1. The standard InChI is InChI=1S/C16H14BrNOS/c1-16(2)13-9-11(10-4-3-5-12(17)8-10)6-7-14(13)18-15(20)19-16/h3-9H,1-2H3,(H,18,20). The van der Waals surface area contributed by atoms with Crippen LogP contribution in [0.2, 0.25) is 0 Å². The van der Waals surface area contributed by atoms with Crippen molar-refractivity contribution in [2.45, 2.75) is 19.4 Å². The molecule has 1 N–H and O–H groups in total. The molecule has 102 valence electrons. The Bertz CT molecular complexity index is 697. The van der Waals surface area contributed by atoms with Crippen LogP contribution in [0.15, 0.2) is 46.9 Å². The van der Waals surface area contributed by atoms with Crippen LogP contribution < -0.4 is 5.32 Å². The Hall–Kier alpha value is -1.39. The Labute approximate surface area is 132 Å². The van der Waals surface area contributed by atoms with E-state index in [9.17, 15) is 0 Å². The summed E-state index contributed by atoms with van der Waals surface area (Å²) in [7, 11) is 0. The monoisotopic (exact) mass is 347 g/mol. The maximum Gasteiger partial charge on any atom is 0.262 e. The molecular formula is C16H14BrNOS. The lowest BCUT2D eigenvalue weighted by atomic mass is 9.91. The summed E-state index contributed by atoms with van der Waals surface area (Å²) in [5, 5.41) is 3.53. The van der Waals surface area contributed by atoms with Crippen molar-refractivity contribution in [3.63, 3.8) is 0 Å². The predicted molar refractivity (Wildman–Crippen MR) is 89.9 cm³/mol. The normalized spacial score (nSPS) is 16.1. The van der Waals surface area contributed by atoms with Crippen LogP contribution in [0.1, 0.15) is 19.4 Å². The summed E-state index contributed by atoms with van der Waals surface area (Å²) in [6.07, 6.45) is 0. The molecule has 3 rings (SSSR count). The third kappa shape index (κ3) is 2.45. The van der Waals surface area contributed by atoms with Crippen molar-refractivity contribution in [1.29, 1.82) is 0 Å². The SMILES string of the molecule is CC1(C)OC(=S)Nc2ccc(-c3cccc(Br)c3)cc21. The second-order valence-corrected chi connectivity index (χ2v) is 6.58. The van der Waals surface area contributed by atoms with Gasteiger partial charge in [-0.05, 0) is 61.5 Å². The summed E-state index contributed by atoms with van der Waals surface area (Å²) in [5.74, 6) is 0. The maximum absolute atomic E-state index is 5.73. The molecule has 20 heavy (non-hydrogen) atoms. The molecule has 0 aliphatic carbocycles. The van der Waals surface area contributed by atoms with Crippen molar-refractivity contribution in [3.8, 4) is 11.1 Å². The van der Waals surface area contributed by atoms with Crippen molar-refractivity contribution in [2.24, 2.45) is 0 Å². The first kappa shape index (κ1) is 13.6. The minimum atomic E-state index is -0.417. The number of thiocarbonyl (C=S) groups is 1. The van der Waals surface area contributed by atoms with Crippen molar-refractivity contribution < 1.29 is 4.74 Å². The molecule has 0 fully saturated rings. The minimum Gasteiger partial charge on any atom is -0.460 e. The van der Waals surface area contributed by atoms with E-state index < -0.39 is 5.60 Å². The molecule has 0 saturated heterocycles. The molecule has 2 nitrogen and oxygen atoms in total. The highest BCUT2D eigenvalue weighted by Crippen LogP contribution is 2.38. The summed E-state index contributed by atoms with van der Waals surface area (Å²) < 4.78 is 6.80. The molecule has 0 saturated carbocycles. The van der Waals surface area contributed by atoms with Crippen LogP contribution >= 0.6 is 28.1 Å². The van der Waals surface area contributed by atoms with E-state index in [1.807, 2.05) is 26.0 Å². The molecular weight excluding hydrogens is 334 g/mol. The molecule has 0 radical (unpaired) electrons. The molecule has 0 aromatic heterocycles. The van der Waals surface area contributed by atoms with Gasteiger partial charge in [-0.2, -0.15) is 0 Å². The fourth-order valence-corrected chi connectivity index (χ4v) is 3.14. The first-order chi connectivity index (χ1) is 9.45. The Balaban J connectivity index is 2.12. The first-order valence-corrected chi connectivity index (χ1v) is 7.56. The number of hydrogen-bond donors (Lipinski definition) is 1. The smallest absolute Gasteiger partial charge is 0.262 e. The van der Waals surface area contributed by atoms with E-state index in [0.717, 1.165) is 21.3 Å². The molecule has 1 aliphatic heterocycles. The van der Waals surface area contributed by atoms with Gasteiger partial charge in [-0.25, -0.2) is 0 Å². The molecule has 0 bridgehead atoms. The molecule has 2 aromatic carbocycles. The lowest BCUT2D eigenvalue weighted by Gasteiger charge is -2.34. The summed E-state index contributed by atoms with van der Waals surface area (Å²) in [6.45, 7) is 4.06. The molecule has 1 heterocycles. The molecule has 2 aromatic rings. The van der Waals surface area contributed by atoms with Crippen LogP contribution in [0.25, 0.3) is 11.1 Å². The van der Waals surface area contributed by atoms with E-state index in [4.69, 9.17) is 17.0 Å². The minimum absolute atomic E-state index is 0.417. The third-order valence-electron chi connectivity index (χ3n) is 3.41. The van der Waals surface area contributed by atoms with Gasteiger partial charge in [-0.1, -0.05) is 34.1 Å². The second kappa shape index (κ2) is 4.86. The van der Waals surface area contributed by atoms with E-state index >= 15 is 0 Å². The largest absolute Gasteiger partial charge is 0.460 e. The lowest BCUT2D eigenvalue weighted by molar-refractivity contribution is 0.0947. The van der Waals surface area contributed by atoms with E-state index in [1.54, 1.807) is 0 Å². The number of halogens is 1. The topological polar surface area (TPSA) is 21.3 Å². The quantitative estimate of drug-likeness (QED) is 0.727. The van der Waals surface area contributed by atoms with Gasteiger partial charge in [-0.15, -0.1) is 0 Å². The fourth-order valence-electron chi connectivity index (χ4n) is 2.42. The summed E-state index contributed by atoms with van der Waals surface area (Å²) in [4.78, 5) is 0. The highest BCUT2D eigenvalue weighted by molar-refractivity contribution is 9.10. The average molecular weight is 348 g/mol. The predicted octanol–water partition coefficient (Wildman–Crippen LogP) is 5.08. The molecule has 0 unspecified atom stereocenters. The lowest BCUT2D eigenvalue weighted by Crippen LogP contribution is -2.34. The van der Waals surface area contributed by atoms with Gasteiger partial charge in [0.25, 0.3) is 5.17 Å². The first-order valence-electron chi connectivity index (χ1n) is 6.36. The Morgan fingerprint density at radius 1 is 1.10 bits per heavy atom. The molecule has 1 aliphatic rings. The Morgan fingerprint density at radius 3 is 2.60 bits per heavy atom. The zero-order valence-corrected chi connectivity index (χ0v) is 13.6. The van der Waals surface area contributed by atoms with Crippen LogP contribution in [0.3, 0.4) is 0 Å². The Kier molecular flexibility index (Phi) is 3.30. The van der Waals surface area contributed by atoms with Crippen molar-refractivity contribution in [1.82, 2.24) is 0 Å². The molecule has 0 amide bonds. The third-order valence-corrected chi connectivity index (χ3v) is 4.09. The number of anilines is 1. The average Bonchev–Trinajstić information content (AvgIpc) is 2.37. The molecule has 4 heteroatoms. The molecule has 0 spiro atoms. The van der Waals surface area contributed by atoms with Gasteiger partial charge in [0.2, 0.25) is 0 Å². The van der Waals surface area contributed by atoms with Crippen LogP contribution in [-0.2, 0) is 10.3 Å². The molecule has 0 atom stereocenters. The number of ether oxygens (including phenoxy) is 1. The number of benzene rings is 2. The van der Waals surface area contributed by atoms with Gasteiger partial charge >= 0.3 is 0 Å². The van der Waals surface area contributed by atoms with Gasteiger partial charge in [0, 0.05) is 15.7 Å². The van der Waals surface area contributed by atoms with Crippen LogP contribution in [0.4, 0.5) is 5.69 Å². The summed E-state index contributed by atoms with van der Waals surface area (Å²) >= 11 is 8.65. The van der Waals surface area contributed by atoms with Crippen LogP contribution in [0.5, 0.6) is 0 Å². The highest BCUT2D eigenvalue weighted by Gasteiger charge is 2.31. The summed E-state index contributed by atoms with van der Waals surface area (Å²) in [5.41, 5.74) is 4.05. The van der Waals surface area contributed by atoms with E-state index in [0.29, 0.717) is 5.17 Å². The van der Waals surface area contributed by atoms with Gasteiger partial charge in [0.1, 0.15) is 5.60 Å². The number of nitrogens with one attached hydrogen (secondary N) is 1. The van der Waals surface area contributed by atoms with Crippen LogP contribution in [0, 0.1) is 0 Å². The summed E-state index contributed by atoms with van der Waals surface area (Å²) in [6, 6.07) is 14.6. The van der Waals surface area contributed by atoms with E-state index in [1.165, 1.54) is 5.56 Å². The fraction of sp³-hybridized carbons (Fsp3) is 0.188. The van der Waals surface area contributed by atoms with Gasteiger partial charge in [-0.3, -0.25) is 0 Å². The van der Waals surface area contributed by atoms with Crippen molar-refractivity contribution in [2.75, 3.05) is 5.32 Å².